The molecule has 2 amide bonds. The molecule has 5 nitrogen and oxygen atoms in total. The molecule has 0 aromatic heterocycles. The molecule has 17 heavy (non-hydrogen) atoms. The summed E-state index contributed by atoms with van der Waals surface area (Å²) < 4.78 is 5.19. The monoisotopic (exact) mass is 244 g/mol. The van der Waals surface area contributed by atoms with E-state index in [9.17, 15) is 4.79 Å². The number of nitrogens with one attached hydrogen (secondary N) is 2. The first kappa shape index (κ1) is 14.3. The second kappa shape index (κ2) is 6.81. The topological polar surface area (TPSA) is 70.6 Å². The quantitative estimate of drug-likeness (QED) is 0.649. The van der Waals surface area contributed by atoms with E-state index in [1.54, 1.807) is 0 Å². The summed E-state index contributed by atoms with van der Waals surface area (Å²) in [7, 11) is 0. The van der Waals surface area contributed by atoms with Gasteiger partial charge < -0.3 is 20.5 Å². The second-order valence-corrected chi connectivity index (χ2v) is 5.38. The first-order valence-corrected chi connectivity index (χ1v) is 6.26. The highest BCUT2D eigenvalue weighted by Gasteiger charge is 2.21. The van der Waals surface area contributed by atoms with Crippen molar-refractivity contribution < 1.29 is 14.6 Å². The van der Waals surface area contributed by atoms with Gasteiger partial charge in [0.2, 0.25) is 0 Å². The van der Waals surface area contributed by atoms with Crippen LogP contribution in [0.25, 0.3) is 0 Å². The van der Waals surface area contributed by atoms with Crippen molar-refractivity contribution in [3.8, 4) is 0 Å². The van der Waals surface area contributed by atoms with Crippen LogP contribution in [-0.2, 0) is 4.74 Å². The molecule has 1 rings (SSSR count). The third-order valence-corrected chi connectivity index (χ3v) is 3.00. The summed E-state index contributed by atoms with van der Waals surface area (Å²) in [5, 5.41) is 14.5. The molecule has 1 heterocycles. The Labute approximate surface area is 103 Å². The molecule has 0 aliphatic carbocycles. The van der Waals surface area contributed by atoms with Crippen LogP contribution in [0.5, 0.6) is 0 Å². The molecule has 1 saturated heterocycles. The Hall–Kier alpha value is -0.810. The molecule has 1 unspecified atom stereocenters. The van der Waals surface area contributed by atoms with E-state index in [0.717, 1.165) is 25.9 Å². The zero-order chi connectivity index (χ0) is 12.7. The lowest BCUT2D eigenvalue weighted by Gasteiger charge is -2.25. The van der Waals surface area contributed by atoms with Gasteiger partial charge >= 0.3 is 6.03 Å². The summed E-state index contributed by atoms with van der Waals surface area (Å²) in [5.41, 5.74) is 0.0201. The second-order valence-electron chi connectivity index (χ2n) is 5.38. The van der Waals surface area contributed by atoms with Crippen molar-refractivity contribution >= 4 is 6.03 Å². The van der Waals surface area contributed by atoms with Crippen LogP contribution >= 0.6 is 0 Å². The van der Waals surface area contributed by atoms with Crippen LogP contribution in [-0.4, -0.2) is 43.5 Å². The lowest BCUT2D eigenvalue weighted by Crippen LogP contribution is -2.45. The van der Waals surface area contributed by atoms with Gasteiger partial charge in [-0.2, -0.15) is 0 Å². The molecule has 0 aromatic rings. The van der Waals surface area contributed by atoms with Crippen LogP contribution in [0.2, 0.25) is 0 Å². The fourth-order valence-electron chi connectivity index (χ4n) is 1.85. The Morgan fingerprint density at radius 1 is 1.53 bits per heavy atom. The average Bonchev–Trinajstić information content (AvgIpc) is 2.77. The Kier molecular flexibility index (Phi) is 5.71. The van der Waals surface area contributed by atoms with Crippen molar-refractivity contribution in [1.29, 1.82) is 0 Å². The Morgan fingerprint density at radius 3 is 2.88 bits per heavy atom. The number of hydrogen-bond acceptors (Lipinski definition) is 3. The molecule has 1 aliphatic heterocycles. The van der Waals surface area contributed by atoms with Crippen LogP contribution in [0.1, 0.15) is 33.1 Å². The molecule has 0 aromatic carbocycles. The van der Waals surface area contributed by atoms with Gasteiger partial charge in [-0.15, -0.1) is 0 Å². The van der Waals surface area contributed by atoms with Gasteiger partial charge in [-0.3, -0.25) is 0 Å². The lowest BCUT2D eigenvalue weighted by atomic mass is 9.88. The van der Waals surface area contributed by atoms with Gasteiger partial charge in [-0.05, 0) is 24.7 Å². The molecule has 5 heteroatoms. The van der Waals surface area contributed by atoms with Gasteiger partial charge in [0, 0.05) is 19.8 Å². The first-order chi connectivity index (χ1) is 8.03. The van der Waals surface area contributed by atoms with Crippen molar-refractivity contribution in [1.82, 2.24) is 10.6 Å². The van der Waals surface area contributed by atoms with E-state index in [1.807, 2.05) is 0 Å². The molecule has 1 atom stereocenters. The third-order valence-electron chi connectivity index (χ3n) is 3.00. The third kappa shape index (κ3) is 5.89. The van der Waals surface area contributed by atoms with Gasteiger partial charge in [-0.25, -0.2) is 4.79 Å². The van der Waals surface area contributed by atoms with Gasteiger partial charge in [0.05, 0.1) is 12.6 Å². The van der Waals surface area contributed by atoms with Crippen molar-refractivity contribution in [3.63, 3.8) is 0 Å². The highest BCUT2D eigenvalue weighted by Crippen LogP contribution is 2.20. The maximum atomic E-state index is 11.6. The Bertz CT molecular complexity index is 238. The Balaban J connectivity index is 2.17. The van der Waals surface area contributed by atoms with Crippen LogP contribution in [0, 0.1) is 5.41 Å². The predicted octanol–water partition coefficient (Wildman–Crippen LogP) is 0.873. The van der Waals surface area contributed by atoms with Crippen molar-refractivity contribution in [3.05, 3.63) is 0 Å². The number of carbonyl (C=O) groups excluding carboxylic acids is 1. The van der Waals surface area contributed by atoms with E-state index < -0.39 is 0 Å². The summed E-state index contributed by atoms with van der Waals surface area (Å²) in [4.78, 5) is 11.6. The van der Waals surface area contributed by atoms with Crippen molar-refractivity contribution in [2.45, 2.75) is 39.2 Å². The van der Waals surface area contributed by atoms with Crippen LogP contribution in [0.4, 0.5) is 4.79 Å². The molecule has 0 spiro atoms. The number of ether oxygens (including phenoxy) is 1. The lowest BCUT2D eigenvalue weighted by molar-refractivity contribution is 0.187. The summed E-state index contributed by atoms with van der Waals surface area (Å²) in [6.45, 7) is 6.33. The fourth-order valence-corrected chi connectivity index (χ4v) is 1.85. The fraction of sp³-hybridized carbons (Fsp3) is 0.917. The molecule has 100 valence electrons. The predicted molar refractivity (Wildman–Crippen MR) is 65.9 cm³/mol. The van der Waals surface area contributed by atoms with E-state index >= 15 is 0 Å². The number of carbonyl (C=O) groups is 1. The number of aliphatic hydroxyl groups excluding tert-OH is 1. The minimum atomic E-state index is -0.127. The molecule has 0 bridgehead atoms. The maximum absolute atomic E-state index is 11.6. The average molecular weight is 244 g/mol. The number of amides is 2. The maximum Gasteiger partial charge on any atom is 0.315 e. The molecule has 3 N–H and O–H groups in total. The van der Waals surface area contributed by atoms with Gasteiger partial charge in [0.1, 0.15) is 0 Å². The zero-order valence-electron chi connectivity index (χ0n) is 10.8. The van der Waals surface area contributed by atoms with Gasteiger partial charge in [-0.1, -0.05) is 13.8 Å². The minimum absolute atomic E-state index is 0.0201. The minimum Gasteiger partial charge on any atom is -0.396 e. The summed E-state index contributed by atoms with van der Waals surface area (Å²) in [5.74, 6) is 0. The number of hydrogen-bond donors (Lipinski definition) is 3. The molecule has 1 aliphatic rings. The highest BCUT2D eigenvalue weighted by molar-refractivity contribution is 5.74. The Morgan fingerprint density at radius 2 is 2.29 bits per heavy atom. The zero-order valence-corrected chi connectivity index (χ0v) is 10.8. The van der Waals surface area contributed by atoms with Gasteiger partial charge in [0.25, 0.3) is 0 Å². The number of urea groups is 1. The standard InChI is InChI=1S/C12H24N2O3/c1-12(2,5-3-6-15)9-13-11(16)14-10-4-7-17-8-10/h10,15H,3-9H2,1-2H3,(H2,13,14,16). The molecule has 1 fully saturated rings. The van der Waals surface area contributed by atoms with Crippen molar-refractivity contribution in [2.75, 3.05) is 26.4 Å². The molecular weight excluding hydrogens is 220 g/mol. The molecular formula is C12H24N2O3. The van der Waals surface area contributed by atoms with Crippen molar-refractivity contribution in [2.24, 2.45) is 5.41 Å². The largest absolute Gasteiger partial charge is 0.396 e. The first-order valence-electron chi connectivity index (χ1n) is 6.26. The normalized spacial score (nSPS) is 20.3. The van der Waals surface area contributed by atoms with E-state index in [-0.39, 0.29) is 24.1 Å². The number of aliphatic hydroxyl groups is 1. The highest BCUT2D eigenvalue weighted by atomic mass is 16.5. The van der Waals surface area contributed by atoms with Crippen LogP contribution < -0.4 is 10.6 Å². The smallest absolute Gasteiger partial charge is 0.315 e. The van der Waals surface area contributed by atoms with E-state index in [2.05, 4.69) is 24.5 Å². The van der Waals surface area contributed by atoms with Crippen LogP contribution in [0.15, 0.2) is 0 Å². The van der Waals surface area contributed by atoms with E-state index in [4.69, 9.17) is 9.84 Å². The molecule has 0 saturated carbocycles. The summed E-state index contributed by atoms with van der Waals surface area (Å²) in [6, 6.07) is 0.0214. The van der Waals surface area contributed by atoms with E-state index in [1.165, 1.54) is 0 Å². The summed E-state index contributed by atoms with van der Waals surface area (Å²) >= 11 is 0. The molecule has 0 radical (unpaired) electrons. The summed E-state index contributed by atoms with van der Waals surface area (Å²) in [6.07, 6.45) is 2.56. The number of rotatable bonds is 6. The van der Waals surface area contributed by atoms with Gasteiger partial charge in [0.15, 0.2) is 0 Å². The van der Waals surface area contributed by atoms with Crippen LogP contribution in [0.3, 0.4) is 0 Å². The SMILES string of the molecule is CC(C)(CCCO)CNC(=O)NC1CCOC1. The van der Waals surface area contributed by atoms with E-state index in [0.29, 0.717) is 13.2 Å².